The summed E-state index contributed by atoms with van der Waals surface area (Å²) in [6, 6.07) is 7.97. The molecule has 0 saturated carbocycles. The second-order valence-electron chi connectivity index (χ2n) is 6.53. The molecule has 0 atom stereocenters. The lowest BCUT2D eigenvalue weighted by Gasteiger charge is -2.24. The van der Waals surface area contributed by atoms with E-state index in [-0.39, 0.29) is 11.6 Å². The van der Waals surface area contributed by atoms with E-state index in [1.54, 1.807) is 11.6 Å². The summed E-state index contributed by atoms with van der Waals surface area (Å²) in [6.45, 7) is 2.63. The molecular formula is C18H21N5O3S. The molecule has 0 aliphatic carbocycles. The maximum atomic E-state index is 12.9. The molecule has 9 heteroatoms. The molecule has 3 heterocycles. The lowest BCUT2D eigenvalue weighted by Crippen LogP contribution is -2.36. The van der Waals surface area contributed by atoms with E-state index >= 15 is 0 Å². The Bertz CT molecular complexity index is 1070. The average molecular weight is 387 g/mol. The number of aryl methyl sites for hydroxylation is 2. The number of anilines is 2. The molecule has 0 fully saturated rings. The summed E-state index contributed by atoms with van der Waals surface area (Å²) in [7, 11) is -1.92. The predicted molar refractivity (Wildman–Crippen MR) is 100 cm³/mol. The monoisotopic (exact) mass is 387 g/mol. The van der Waals surface area contributed by atoms with Gasteiger partial charge in [0.2, 0.25) is 0 Å². The van der Waals surface area contributed by atoms with Gasteiger partial charge < -0.3 is 14.4 Å². The number of sulfonamides is 1. The molecule has 0 saturated heterocycles. The van der Waals surface area contributed by atoms with Gasteiger partial charge in [-0.2, -0.15) is 4.31 Å². The highest BCUT2D eigenvalue weighted by Crippen LogP contribution is 2.31. The third kappa shape index (κ3) is 3.24. The number of benzene rings is 1. The minimum Gasteiger partial charge on any atom is -0.359 e. The SMILES string of the molecule is CCc1ccccc1Nc1noc2c1CN(S(=O)(=O)c1cn(C)cn1)CC2. The molecular weight excluding hydrogens is 366 g/mol. The molecule has 1 aliphatic rings. The van der Waals surface area contributed by atoms with Crippen LogP contribution >= 0.6 is 0 Å². The van der Waals surface area contributed by atoms with Crippen LogP contribution in [0.15, 0.2) is 46.3 Å². The van der Waals surface area contributed by atoms with Gasteiger partial charge in [-0.25, -0.2) is 13.4 Å². The fourth-order valence-electron chi connectivity index (χ4n) is 3.22. The largest absolute Gasteiger partial charge is 0.359 e. The molecule has 2 aromatic heterocycles. The summed E-state index contributed by atoms with van der Waals surface area (Å²) in [5.74, 6) is 1.28. The summed E-state index contributed by atoms with van der Waals surface area (Å²) in [5, 5.41) is 7.49. The predicted octanol–water partition coefficient (Wildman–Crippen LogP) is 2.46. The number of rotatable bonds is 5. The van der Waals surface area contributed by atoms with E-state index in [1.165, 1.54) is 16.8 Å². The first-order valence-electron chi connectivity index (χ1n) is 8.79. The van der Waals surface area contributed by atoms with Gasteiger partial charge >= 0.3 is 0 Å². The van der Waals surface area contributed by atoms with Gasteiger partial charge in [0.05, 0.1) is 11.9 Å². The van der Waals surface area contributed by atoms with Gasteiger partial charge in [-0.1, -0.05) is 30.3 Å². The minimum absolute atomic E-state index is 0.0516. The van der Waals surface area contributed by atoms with Crippen LogP contribution in [0.3, 0.4) is 0 Å². The summed E-state index contributed by atoms with van der Waals surface area (Å²) < 4.78 is 34.3. The third-order valence-corrected chi connectivity index (χ3v) is 6.46. The zero-order valence-corrected chi connectivity index (χ0v) is 16.0. The van der Waals surface area contributed by atoms with Crippen LogP contribution in [0.5, 0.6) is 0 Å². The number of nitrogens with one attached hydrogen (secondary N) is 1. The first kappa shape index (κ1) is 17.7. The van der Waals surface area contributed by atoms with Crippen molar-refractivity contribution in [2.75, 3.05) is 11.9 Å². The van der Waals surface area contributed by atoms with Gasteiger partial charge in [0.15, 0.2) is 10.8 Å². The van der Waals surface area contributed by atoms with Crippen molar-refractivity contribution < 1.29 is 12.9 Å². The van der Waals surface area contributed by atoms with Crippen molar-refractivity contribution in [3.63, 3.8) is 0 Å². The summed E-state index contributed by atoms with van der Waals surface area (Å²) in [6.07, 6.45) is 4.35. The zero-order chi connectivity index (χ0) is 19.0. The van der Waals surface area contributed by atoms with E-state index in [0.717, 1.165) is 29.0 Å². The quantitative estimate of drug-likeness (QED) is 0.723. The fraction of sp³-hybridized carbons (Fsp3) is 0.333. The Hall–Kier alpha value is -2.65. The van der Waals surface area contributed by atoms with Crippen molar-refractivity contribution in [3.05, 3.63) is 53.7 Å². The van der Waals surface area contributed by atoms with Crippen LogP contribution < -0.4 is 5.32 Å². The first-order valence-corrected chi connectivity index (χ1v) is 10.2. The van der Waals surface area contributed by atoms with Gasteiger partial charge in [-0.05, 0) is 18.1 Å². The normalized spacial score (nSPS) is 14.9. The molecule has 27 heavy (non-hydrogen) atoms. The van der Waals surface area contributed by atoms with Crippen molar-refractivity contribution >= 4 is 21.5 Å². The van der Waals surface area contributed by atoms with Crippen LogP contribution in [0.1, 0.15) is 23.8 Å². The van der Waals surface area contributed by atoms with Gasteiger partial charge in [0.1, 0.15) is 5.76 Å². The molecule has 4 rings (SSSR count). The van der Waals surface area contributed by atoms with Crippen LogP contribution in [0.25, 0.3) is 0 Å². The summed E-state index contributed by atoms with van der Waals surface area (Å²) in [4.78, 5) is 4.00. The van der Waals surface area contributed by atoms with Crippen molar-refractivity contribution in [2.24, 2.45) is 7.05 Å². The van der Waals surface area contributed by atoms with Crippen LogP contribution in [0, 0.1) is 0 Å². The lowest BCUT2D eigenvalue weighted by molar-refractivity contribution is 0.331. The molecule has 0 unspecified atom stereocenters. The number of para-hydroxylation sites is 1. The van der Waals surface area contributed by atoms with Crippen molar-refractivity contribution in [1.29, 1.82) is 0 Å². The van der Waals surface area contributed by atoms with Crippen LogP contribution in [0.2, 0.25) is 0 Å². The number of hydrogen-bond acceptors (Lipinski definition) is 6. The van der Waals surface area contributed by atoms with Crippen molar-refractivity contribution in [3.8, 4) is 0 Å². The Morgan fingerprint density at radius 1 is 1.30 bits per heavy atom. The number of imidazole rings is 1. The highest BCUT2D eigenvalue weighted by molar-refractivity contribution is 7.89. The van der Waals surface area contributed by atoms with Gasteiger partial charge in [-0.15, -0.1) is 0 Å². The van der Waals surface area contributed by atoms with Crippen molar-refractivity contribution in [2.45, 2.75) is 31.3 Å². The minimum atomic E-state index is -3.66. The van der Waals surface area contributed by atoms with E-state index in [9.17, 15) is 8.42 Å². The van der Waals surface area contributed by atoms with E-state index in [4.69, 9.17) is 4.52 Å². The molecule has 8 nitrogen and oxygen atoms in total. The first-order chi connectivity index (χ1) is 13.0. The lowest BCUT2D eigenvalue weighted by atomic mass is 10.1. The van der Waals surface area contributed by atoms with E-state index < -0.39 is 10.0 Å². The van der Waals surface area contributed by atoms with E-state index in [0.29, 0.717) is 18.8 Å². The summed E-state index contributed by atoms with van der Waals surface area (Å²) >= 11 is 0. The Morgan fingerprint density at radius 2 is 2.11 bits per heavy atom. The van der Waals surface area contributed by atoms with Gasteiger partial charge in [-0.3, -0.25) is 0 Å². The Labute approximate surface area is 157 Å². The Morgan fingerprint density at radius 3 is 2.85 bits per heavy atom. The maximum absolute atomic E-state index is 12.9. The maximum Gasteiger partial charge on any atom is 0.262 e. The molecule has 1 aromatic carbocycles. The van der Waals surface area contributed by atoms with Crippen LogP contribution in [-0.2, 0) is 36.5 Å². The van der Waals surface area contributed by atoms with Crippen molar-refractivity contribution in [1.82, 2.24) is 19.0 Å². The van der Waals surface area contributed by atoms with E-state index in [2.05, 4.69) is 22.4 Å². The number of aromatic nitrogens is 3. The number of fused-ring (bicyclic) bond motifs is 1. The Balaban J connectivity index is 1.62. The topological polar surface area (TPSA) is 93.3 Å². The van der Waals surface area contributed by atoms with Gasteiger partial charge in [0.25, 0.3) is 10.0 Å². The fourth-order valence-corrected chi connectivity index (χ4v) is 4.60. The molecule has 1 N–H and O–H groups in total. The Kier molecular flexibility index (Phi) is 4.48. The molecule has 0 bridgehead atoms. The van der Waals surface area contributed by atoms with Gasteiger partial charge in [0, 0.05) is 38.4 Å². The van der Waals surface area contributed by atoms with Crippen LogP contribution in [-0.4, -0.2) is 34.0 Å². The second-order valence-corrected chi connectivity index (χ2v) is 8.42. The number of hydrogen-bond donors (Lipinski definition) is 1. The standard InChI is InChI=1S/C18H21N5O3S/c1-3-13-6-4-5-7-15(13)20-18-14-10-23(9-8-16(14)26-21-18)27(24,25)17-11-22(2)12-19-17/h4-7,11-12H,3,8-10H2,1-2H3,(H,20,21). The van der Waals surface area contributed by atoms with E-state index in [1.807, 2.05) is 24.3 Å². The zero-order valence-electron chi connectivity index (χ0n) is 15.2. The highest BCUT2D eigenvalue weighted by Gasteiger charge is 2.33. The third-order valence-electron chi connectivity index (χ3n) is 4.73. The highest BCUT2D eigenvalue weighted by atomic mass is 32.2. The number of nitrogens with zero attached hydrogens (tertiary/aromatic N) is 4. The molecule has 0 spiro atoms. The molecule has 142 valence electrons. The average Bonchev–Trinajstić information content (AvgIpc) is 3.29. The summed E-state index contributed by atoms with van der Waals surface area (Å²) in [5.41, 5.74) is 2.87. The molecule has 1 aliphatic heterocycles. The molecule has 0 amide bonds. The second kappa shape index (κ2) is 6.82. The molecule has 0 radical (unpaired) electrons. The molecule has 3 aromatic rings. The van der Waals surface area contributed by atoms with Crippen LogP contribution in [0.4, 0.5) is 11.5 Å². The smallest absolute Gasteiger partial charge is 0.262 e.